The van der Waals surface area contributed by atoms with Crippen LogP contribution in [0.2, 0.25) is 0 Å². The van der Waals surface area contributed by atoms with Gasteiger partial charge in [0.15, 0.2) is 10.8 Å². The minimum absolute atomic E-state index is 0.0373. The Kier molecular flexibility index (Phi) is 5.92. The maximum atomic E-state index is 12.0. The minimum Gasteiger partial charge on any atom is -0.376 e. The zero-order valence-electron chi connectivity index (χ0n) is 13.8. The first-order valence-electron chi connectivity index (χ1n) is 8.41. The molecule has 0 bridgehead atoms. The van der Waals surface area contributed by atoms with Crippen LogP contribution in [-0.4, -0.2) is 45.3 Å². The summed E-state index contributed by atoms with van der Waals surface area (Å²) in [6.07, 6.45) is 6.99. The van der Waals surface area contributed by atoms with E-state index in [2.05, 4.69) is 32.4 Å². The molecule has 0 saturated heterocycles. The molecule has 1 aliphatic carbocycles. The van der Waals surface area contributed by atoms with Crippen molar-refractivity contribution in [3.05, 3.63) is 17.4 Å². The van der Waals surface area contributed by atoms with Gasteiger partial charge in [-0.25, -0.2) is 9.97 Å². The predicted octanol–water partition coefficient (Wildman–Crippen LogP) is 2.18. The summed E-state index contributed by atoms with van der Waals surface area (Å²) < 4.78 is 5.90. The highest BCUT2D eigenvalue weighted by molar-refractivity contribution is 7.13. The second-order valence-electron chi connectivity index (χ2n) is 6.18. The van der Waals surface area contributed by atoms with Crippen LogP contribution < -0.4 is 5.32 Å². The van der Waals surface area contributed by atoms with E-state index >= 15 is 0 Å². The van der Waals surface area contributed by atoms with E-state index in [4.69, 9.17) is 4.74 Å². The Morgan fingerprint density at radius 3 is 3.12 bits per heavy atom. The molecule has 7 nitrogen and oxygen atoms in total. The zero-order chi connectivity index (χ0) is 16.8. The molecule has 1 aliphatic rings. The number of nitrogens with zero attached hydrogens (tertiary/aromatic N) is 3. The standard InChI is InChI=1S/C16H23N5O2S/c1-11-4-2-3-5-13(11)23-7-6-17-14(22)8-12-9-24-16(20-12)15-18-10-19-21-15/h9-11,13H,2-8H2,1H3,(H,17,22)(H,18,19,21)/t11-,13-/m1/s1. The Bertz CT molecular complexity index is 643. The van der Waals surface area contributed by atoms with Crippen molar-refractivity contribution in [1.29, 1.82) is 0 Å². The number of carbonyl (C=O) groups excluding carboxylic acids is 1. The third-order valence-corrected chi connectivity index (χ3v) is 5.20. The summed E-state index contributed by atoms with van der Waals surface area (Å²) in [5, 5.41) is 12.1. The van der Waals surface area contributed by atoms with Crippen LogP contribution >= 0.6 is 11.3 Å². The molecule has 0 spiro atoms. The summed E-state index contributed by atoms with van der Waals surface area (Å²) in [5.74, 6) is 1.21. The molecule has 130 valence electrons. The van der Waals surface area contributed by atoms with Gasteiger partial charge in [0.2, 0.25) is 5.91 Å². The maximum absolute atomic E-state index is 12.0. The third-order valence-electron chi connectivity index (χ3n) is 4.30. The zero-order valence-corrected chi connectivity index (χ0v) is 14.6. The van der Waals surface area contributed by atoms with Crippen LogP contribution in [-0.2, 0) is 16.0 Å². The number of hydrogen-bond acceptors (Lipinski definition) is 6. The molecule has 2 aromatic heterocycles. The number of amides is 1. The summed E-state index contributed by atoms with van der Waals surface area (Å²) in [6, 6.07) is 0. The third kappa shape index (κ3) is 4.61. The van der Waals surface area contributed by atoms with Gasteiger partial charge in [0.05, 0.1) is 24.8 Å². The van der Waals surface area contributed by atoms with Crippen molar-refractivity contribution in [2.75, 3.05) is 13.2 Å². The molecule has 2 atom stereocenters. The lowest BCUT2D eigenvalue weighted by Crippen LogP contribution is -2.32. The molecule has 1 amide bonds. The summed E-state index contributed by atoms with van der Waals surface area (Å²) in [4.78, 5) is 20.4. The number of nitrogens with one attached hydrogen (secondary N) is 2. The molecule has 8 heteroatoms. The number of carbonyl (C=O) groups is 1. The topological polar surface area (TPSA) is 92.8 Å². The summed E-state index contributed by atoms with van der Waals surface area (Å²) in [5.41, 5.74) is 0.741. The monoisotopic (exact) mass is 349 g/mol. The summed E-state index contributed by atoms with van der Waals surface area (Å²) in [6.45, 7) is 3.36. The lowest BCUT2D eigenvalue weighted by Gasteiger charge is -2.28. The fourth-order valence-electron chi connectivity index (χ4n) is 2.96. The molecule has 2 aromatic rings. The Morgan fingerprint density at radius 2 is 2.33 bits per heavy atom. The highest BCUT2D eigenvalue weighted by Gasteiger charge is 2.21. The van der Waals surface area contributed by atoms with E-state index < -0.39 is 0 Å². The largest absolute Gasteiger partial charge is 0.376 e. The smallest absolute Gasteiger partial charge is 0.226 e. The van der Waals surface area contributed by atoms with E-state index in [1.807, 2.05) is 5.38 Å². The predicted molar refractivity (Wildman–Crippen MR) is 91.6 cm³/mol. The van der Waals surface area contributed by atoms with E-state index in [1.54, 1.807) is 0 Å². The van der Waals surface area contributed by atoms with Crippen molar-refractivity contribution in [1.82, 2.24) is 25.5 Å². The van der Waals surface area contributed by atoms with Crippen LogP contribution in [0.4, 0.5) is 0 Å². The van der Waals surface area contributed by atoms with E-state index in [0.29, 0.717) is 31.0 Å². The molecule has 24 heavy (non-hydrogen) atoms. The van der Waals surface area contributed by atoms with Crippen LogP contribution in [0.25, 0.3) is 10.8 Å². The molecule has 3 rings (SSSR count). The quantitative estimate of drug-likeness (QED) is 0.748. The molecule has 2 N–H and O–H groups in total. The molecule has 2 heterocycles. The highest BCUT2D eigenvalue weighted by Crippen LogP contribution is 2.26. The SMILES string of the molecule is C[C@@H]1CCCC[C@H]1OCCNC(=O)Cc1csc(-c2ncn[nH]2)n1. The van der Waals surface area contributed by atoms with Gasteiger partial charge in [-0.05, 0) is 18.8 Å². The van der Waals surface area contributed by atoms with E-state index in [9.17, 15) is 4.79 Å². The molecule has 0 aromatic carbocycles. The molecule has 0 unspecified atom stereocenters. The molecule has 1 saturated carbocycles. The van der Waals surface area contributed by atoms with Crippen molar-refractivity contribution in [2.24, 2.45) is 5.92 Å². The van der Waals surface area contributed by atoms with Gasteiger partial charge in [-0.3, -0.25) is 9.89 Å². The first-order chi connectivity index (χ1) is 11.7. The Balaban J connectivity index is 1.37. The van der Waals surface area contributed by atoms with Gasteiger partial charge in [0, 0.05) is 11.9 Å². The Hall–Kier alpha value is -1.80. The molecule has 1 fully saturated rings. The van der Waals surface area contributed by atoms with Gasteiger partial charge < -0.3 is 10.1 Å². The van der Waals surface area contributed by atoms with Crippen molar-refractivity contribution in [3.63, 3.8) is 0 Å². The van der Waals surface area contributed by atoms with Crippen molar-refractivity contribution in [3.8, 4) is 10.8 Å². The van der Waals surface area contributed by atoms with Crippen LogP contribution in [0.5, 0.6) is 0 Å². The summed E-state index contributed by atoms with van der Waals surface area (Å²) in [7, 11) is 0. The number of aromatic amines is 1. The van der Waals surface area contributed by atoms with E-state index in [1.165, 1.54) is 36.9 Å². The first-order valence-corrected chi connectivity index (χ1v) is 9.29. The number of ether oxygens (including phenoxy) is 1. The average Bonchev–Trinajstić information content (AvgIpc) is 3.24. The lowest BCUT2D eigenvalue weighted by molar-refractivity contribution is -0.121. The van der Waals surface area contributed by atoms with Gasteiger partial charge >= 0.3 is 0 Å². The van der Waals surface area contributed by atoms with Crippen LogP contribution in [0.3, 0.4) is 0 Å². The number of H-pyrrole nitrogens is 1. The van der Waals surface area contributed by atoms with Crippen molar-refractivity contribution >= 4 is 17.2 Å². The Morgan fingerprint density at radius 1 is 1.46 bits per heavy atom. The minimum atomic E-state index is -0.0373. The fraction of sp³-hybridized carbons (Fsp3) is 0.625. The normalized spacial score (nSPS) is 20.9. The van der Waals surface area contributed by atoms with Gasteiger partial charge in [-0.1, -0.05) is 19.8 Å². The molecular weight excluding hydrogens is 326 g/mol. The van der Waals surface area contributed by atoms with Crippen LogP contribution in [0.1, 0.15) is 38.3 Å². The van der Waals surface area contributed by atoms with Crippen molar-refractivity contribution < 1.29 is 9.53 Å². The van der Waals surface area contributed by atoms with Crippen LogP contribution in [0.15, 0.2) is 11.7 Å². The van der Waals surface area contributed by atoms with E-state index in [-0.39, 0.29) is 12.3 Å². The fourth-order valence-corrected chi connectivity index (χ4v) is 3.73. The average molecular weight is 349 g/mol. The number of hydrogen-bond donors (Lipinski definition) is 2. The highest BCUT2D eigenvalue weighted by atomic mass is 32.1. The van der Waals surface area contributed by atoms with Gasteiger partial charge in [0.25, 0.3) is 0 Å². The maximum Gasteiger partial charge on any atom is 0.226 e. The number of rotatable bonds is 7. The molecule has 0 aliphatic heterocycles. The van der Waals surface area contributed by atoms with Gasteiger partial charge in [-0.2, -0.15) is 5.10 Å². The lowest BCUT2D eigenvalue weighted by atomic mass is 9.88. The van der Waals surface area contributed by atoms with Gasteiger partial charge in [-0.15, -0.1) is 11.3 Å². The van der Waals surface area contributed by atoms with Gasteiger partial charge in [0.1, 0.15) is 6.33 Å². The molecular formula is C16H23N5O2S. The van der Waals surface area contributed by atoms with Crippen molar-refractivity contribution in [2.45, 2.75) is 45.1 Å². The first kappa shape index (κ1) is 17.0. The van der Waals surface area contributed by atoms with E-state index in [0.717, 1.165) is 17.1 Å². The molecule has 0 radical (unpaired) electrons. The second kappa shape index (κ2) is 8.34. The Labute approximate surface area is 145 Å². The van der Waals surface area contributed by atoms with Crippen LogP contribution in [0, 0.1) is 5.92 Å². The number of aromatic nitrogens is 4. The number of thiazole rings is 1. The summed E-state index contributed by atoms with van der Waals surface area (Å²) >= 11 is 1.45. The second-order valence-corrected chi connectivity index (χ2v) is 7.03.